The summed E-state index contributed by atoms with van der Waals surface area (Å²) in [4.78, 5) is 16.7. The fraction of sp³-hybridized carbons (Fsp3) is 0.0833. The molecule has 3 aromatic rings. The zero-order valence-electron chi connectivity index (χ0n) is 16.8. The lowest BCUT2D eigenvalue weighted by Gasteiger charge is -2.14. The average Bonchev–Trinajstić information content (AvgIpc) is 3.14. The van der Waals surface area contributed by atoms with Gasteiger partial charge in [0.25, 0.3) is 0 Å². The number of methoxy groups -OCH3 is 1. The number of aliphatic imine (C=N–C) groups is 1. The first kappa shape index (κ1) is 22.5. The summed E-state index contributed by atoms with van der Waals surface area (Å²) in [6.45, 7) is 0.264. The Morgan fingerprint density at radius 2 is 1.84 bits per heavy atom. The Bertz CT molecular complexity index is 1220. The average molecular weight is 608 g/mol. The standard InChI is InChI=1S/C24H16BrFINO4/c1-30-21-12-15(10-19(27)22(21)31-13-14-2-8-18(26)9-3-14)11-20-24(29)32-23(28-20)16-4-6-17(25)7-5-16/h2-12H,13H2,1H3/b20-11-. The van der Waals surface area contributed by atoms with Gasteiger partial charge in [0.2, 0.25) is 5.90 Å². The molecule has 0 saturated heterocycles. The number of carbonyl (C=O) groups excluding carboxylic acids is 1. The van der Waals surface area contributed by atoms with E-state index in [9.17, 15) is 9.18 Å². The van der Waals surface area contributed by atoms with Crippen LogP contribution < -0.4 is 9.47 Å². The van der Waals surface area contributed by atoms with Gasteiger partial charge < -0.3 is 14.2 Å². The van der Waals surface area contributed by atoms with Crippen LogP contribution in [0.25, 0.3) is 6.08 Å². The number of hydrogen-bond donors (Lipinski definition) is 0. The number of ether oxygens (including phenoxy) is 3. The van der Waals surface area contributed by atoms with Crippen LogP contribution in [0.3, 0.4) is 0 Å². The molecule has 5 nitrogen and oxygen atoms in total. The van der Waals surface area contributed by atoms with Crippen LogP contribution >= 0.6 is 38.5 Å². The van der Waals surface area contributed by atoms with E-state index in [1.54, 1.807) is 31.4 Å². The van der Waals surface area contributed by atoms with Crippen LogP contribution in [0.15, 0.2) is 75.8 Å². The largest absolute Gasteiger partial charge is 0.493 e. The molecule has 1 heterocycles. The van der Waals surface area contributed by atoms with E-state index < -0.39 is 5.97 Å². The number of rotatable bonds is 6. The molecule has 1 aliphatic heterocycles. The van der Waals surface area contributed by atoms with Gasteiger partial charge >= 0.3 is 5.97 Å². The number of halogens is 3. The van der Waals surface area contributed by atoms with E-state index in [2.05, 4.69) is 43.5 Å². The van der Waals surface area contributed by atoms with Crippen molar-refractivity contribution < 1.29 is 23.4 Å². The summed E-state index contributed by atoms with van der Waals surface area (Å²) in [7, 11) is 1.54. The molecule has 1 aliphatic rings. The van der Waals surface area contributed by atoms with Crippen molar-refractivity contribution in [3.8, 4) is 11.5 Å². The first-order chi connectivity index (χ1) is 15.4. The minimum Gasteiger partial charge on any atom is -0.493 e. The van der Waals surface area contributed by atoms with Crippen LogP contribution in [0.1, 0.15) is 16.7 Å². The fourth-order valence-electron chi connectivity index (χ4n) is 2.98. The Morgan fingerprint density at radius 3 is 2.53 bits per heavy atom. The Hall–Kier alpha value is -2.72. The Kier molecular flexibility index (Phi) is 6.90. The third-order valence-corrected chi connectivity index (χ3v) is 5.89. The van der Waals surface area contributed by atoms with E-state index in [0.717, 1.165) is 13.6 Å². The van der Waals surface area contributed by atoms with Crippen molar-refractivity contribution >= 4 is 56.5 Å². The maximum absolute atomic E-state index is 13.1. The summed E-state index contributed by atoms with van der Waals surface area (Å²) < 4.78 is 31.5. The van der Waals surface area contributed by atoms with Crippen molar-refractivity contribution in [1.29, 1.82) is 0 Å². The van der Waals surface area contributed by atoms with Gasteiger partial charge in [0, 0.05) is 10.0 Å². The Morgan fingerprint density at radius 1 is 1.12 bits per heavy atom. The molecule has 0 aliphatic carbocycles. The van der Waals surface area contributed by atoms with E-state index >= 15 is 0 Å². The third kappa shape index (κ3) is 5.18. The maximum atomic E-state index is 13.1. The second kappa shape index (κ2) is 9.83. The topological polar surface area (TPSA) is 57.1 Å². The lowest BCUT2D eigenvalue weighted by atomic mass is 10.1. The third-order valence-electron chi connectivity index (χ3n) is 4.56. The van der Waals surface area contributed by atoms with Crippen molar-refractivity contribution in [2.24, 2.45) is 4.99 Å². The van der Waals surface area contributed by atoms with Gasteiger partial charge in [-0.05, 0) is 88.3 Å². The lowest BCUT2D eigenvalue weighted by Crippen LogP contribution is -2.05. The molecule has 0 spiro atoms. The molecule has 0 aromatic heterocycles. The molecule has 0 N–H and O–H groups in total. The smallest absolute Gasteiger partial charge is 0.363 e. The van der Waals surface area contributed by atoms with Crippen LogP contribution in [0, 0.1) is 9.39 Å². The summed E-state index contributed by atoms with van der Waals surface area (Å²) >= 11 is 5.52. The highest BCUT2D eigenvalue weighted by Gasteiger charge is 2.24. The molecule has 0 amide bonds. The predicted octanol–water partition coefficient (Wildman–Crippen LogP) is 6.12. The fourth-order valence-corrected chi connectivity index (χ4v) is 4.03. The van der Waals surface area contributed by atoms with Crippen molar-refractivity contribution in [3.05, 3.63) is 96.9 Å². The van der Waals surface area contributed by atoms with Crippen LogP contribution in [-0.2, 0) is 16.1 Å². The highest BCUT2D eigenvalue weighted by atomic mass is 127. The second-order valence-corrected chi connectivity index (χ2v) is 8.87. The monoisotopic (exact) mass is 607 g/mol. The number of carbonyl (C=O) groups is 1. The van der Waals surface area contributed by atoms with Gasteiger partial charge in [0.05, 0.1) is 10.7 Å². The van der Waals surface area contributed by atoms with Gasteiger partial charge in [-0.1, -0.05) is 28.1 Å². The number of nitrogens with zero attached hydrogens (tertiary/aromatic N) is 1. The molecule has 0 saturated carbocycles. The maximum Gasteiger partial charge on any atom is 0.363 e. The lowest BCUT2D eigenvalue weighted by molar-refractivity contribution is -0.129. The number of cyclic esters (lactones) is 1. The summed E-state index contributed by atoms with van der Waals surface area (Å²) in [6, 6.07) is 17.1. The summed E-state index contributed by atoms with van der Waals surface area (Å²) in [5, 5.41) is 0. The predicted molar refractivity (Wildman–Crippen MR) is 131 cm³/mol. The normalized spacial score (nSPS) is 14.3. The molecule has 4 rings (SSSR count). The Labute approximate surface area is 206 Å². The van der Waals surface area contributed by atoms with E-state index in [-0.39, 0.29) is 24.0 Å². The highest BCUT2D eigenvalue weighted by Crippen LogP contribution is 2.35. The SMILES string of the molecule is COc1cc(/C=C2\N=C(c3ccc(Br)cc3)OC2=O)cc(I)c1OCc1ccc(F)cc1. The minimum absolute atomic E-state index is 0.195. The molecule has 8 heteroatoms. The first-order valence-electron chi connectivity index (χ1n) is 9.46. The summed E-state index contributed by atoms with van der Waals surface area (Å²) in [5.74, 6) is 0.514. The molecule has 0 fully saturated rings. The number of benzene rings is 3. The zero-order chi connectivity index (χ0) is 22.7. The van der Waals surface area contributed by atoms with Crippen molar-refractivity contribution in [2.45, 2.75) is 6.61 Å². The number of esters is 1. The molecule has 162 valence electrons. The zero-order valence-corrected chi connectivity index (χ0v) is 20.5. The van der Waals surface area contributed by atoms with E-state index in [1.807, 2.05) is 30.3 Å². The van der Waals surface area contributed by atoms with Crippen LogP contribution in [0.2, 0.25) is 0 Å². The minimum atomic E-state index is -0.520. The van der Waals surface area contributed by atoms with Gasteiger partial charge in [0.1, 0.15) is 12.4 Å². The van der Waals surface area contributed by atoms with Crippen LogP contribution in [0.5, 0.6) is 11.5 Å². The van der Waals surface area contributed by atoms with Crippen molar-refractivity contribution in [3.63, 3.8) is 0 Å². The Balaban J connectivity index is 1.58. The second-order valence-electron chi connectivity index (χ2n) is 6.79. The molecule has 0 bridgehead atoms. The van der Waals surface area contributed by atoms with Crippen molar-refractivity contribution in [2.75, 3.05) is 7.11 Å². The van der Waals surface area contributed by atoms with Gasteiger partial charge in [-0.3, -0.25) is 0 Å². The quantitative estimate of drug-likeness (QED) is 0.192. The molecule has 3 aromatic carbocycles. The van der Waals surface area contributed by atoms with E-state index in [4.69, 9.17) is 14.2 Å². The highest BCUT2D eigenvalue weighted by molar-refractivity contribution is 14.1. The number of hydrogen-bond acceptors (Lipinski definition) is 5. The van der Waals surface area contributed by atoms with Gasteiger partial charge in [-0.2, -0.15) is 0 Å². The summed E-state index contributed by atoms with van der Waals surface area (Å²) in [5.41, 5.74) is 2.45. The molecule has 0 radical (unpaired) electrons. The van der Waals surface area contributed by atoms with E-state index in [0.29, 0.717) is 22.6 Å². The first-order valence-corrected chi connectivity index (χ1v) is 11.3. The molecular formula is C24H16BrFINO4. The van der Waals surface area contributed by atoms with Gasteiger partial charge in [0.15, 0.2) is 17.2 Å². The van der Waals surface area contributed by atoms with E-state index in [1.165, 1.54) is 12.1 Å². The molecule has 0 unspecified atom stereocenters. The molecular weight excluding hydrogens is 592 g/mol. The van der Waals surface area contributed by atoms with Crippen molar-refractivity contribution in [1.82, 2.24) is 0 Å². The van der Waals surface area contributed by atoms with Crippen LogP contribution in [-0.4, -0.2) is 19.0 Å². The summed E-state index contributed by atoms with van der Waals surface area (Å²) in [6.07, 6.45) is 1.64. The van der Waals surface area contributed by atoms with Gasteiger partial charge in [-0.15, -0.1) is 0 Å². The van der Waals surface area contributed by atoms with Gasteiger partial charge in [-0.25, -0.2) is 14.2 Å². The molecule has 32 heavy (non-hydrogen) atoms. The molecule has 0 atom stereocenters. The van der Waals surface area contributed by atoms with Crippen LogP contribution in [0.4, 0.5) is 4.39 Å².